The first-order chi connectivity index (χ1) is 13.2. The van der Waals surface area contributed by atoms with Crippen LogP contribution in [0.2, 0.25) is 10.4 Å². The summed E-state index contributed by atoms with van der Waals surface area (Å²) in [4.78, 5) is 47.7. The van der Waals surface area contributed by atoms with Gasteiger partial charge < -0.3 is 9.64 Å². The van der Waals surface area contributed by atoms with Gasteiger partial charge >= 0.3 is 5.97 Å². The van der Waals surface area contributed by atoms with Crippen LogP contribution in [0.1, 0.15) is 24.6 Å². The zero-order valence-electron chi connectivity index (χ0n) is 14.9. The minimum Gasteiger partial charge on any atom is -0.466 e. The number of halogens is 2. The van der Waals surface area contributed by atoms with Gasteiger partial charge in [-0.1, -0.05) is 11.6 Å². The highest BCUT2D eigenvalue weighted by atomic mass is 35.5. The molecule has 10 nitrogen and oxygen atoms in total. The number of ether oxygens (including phenoxy) is 1. The number of aryl methyl sites for hydroxylation is 1. The number of carbonyl (C=O) groups is 2. The average Bonchev–Trinajstić information content (AvgIpc) is 2.61. The zero-order valence-corrected chi connectivity index (χ0v) is 16.4. The van der Waals surface area contributed by atoms with Crippen LogP contribution in [0.25, 0.3) is 0 Å². The van der Waals surface area contributed by atoms with Gasteiger partial charge in [0.05, 0.1) is 29.5 Å². The lowest BCUT2D eigenvalue weighted by Crippen LogP contribution is -2.33. The van der Waals surface area contributed by atoms with Gasteiger partial charge in [0, 0.05) is 17.8 Å². The molecule has 12 heteroatoms. The first kappa shape index (κ1) is 21.5. The maximum Gasteiger partial charge on any atom is 0.315 e. The third kappa shape index (κ3) is 5.33. The Hall–Kier alpha value is -2.85. The minimum atomic E-state index is -0.730. The number of carbonyl (C=O) groups excluding carboxylic acids is 2. The quantitative estimate of drug-likeness (QED) is 0.164. The third-order valence-electron chi connectivity index (χ3n) is 3.56. The van der Waals surface area contributed by atoms with E-state index < -0.39 is 23.2 Å². The van der Waals surface area contributed by atoms with Crippen LogP contribution in [-0.2, 0) is 20.9 Å². The molecule has 2 aromatic heterocycles. The van der Waals surface area contributed by atoms with Gasteiger partial charge in [-0.25, -0.2) is 9.97 Å². The van der Waals surface area contributed by atoms with Crippen LogP contribution in [0.3, 0.4) is 0 Å². The fraction of sp³-hybridized carbons (Fsp3) is 0.312. The monoisotopic (exact) mass is 427 g/mol. The van der Waals surface area contributed by atoms with E-state index in [4.69, 9.17) is 27.9 Å². The van der Waals surface area contributed by atoms with Crippen LogP contribution < -0.4 is 4.90 Å². The lowest BCUT2D eigenvalue weighted by Gasteiger charge is -2.24. The Balaban J connectivity index is 2.46. The van der Waals surface area contributed by atoms with E-state index >= 15 is 0 Å². The van der Waals surface area contributed by atoms with Crippen molar-refractivity contribution in [3.8, 4) is 0 Å². The summed E-state index contributed by atoms with van der Waals surface area (Å²) in [5, 5.41) is 11.0. The molecule has 148 valence electrons. The highest BCUT2D eigenvalue weighted by molar-refractivity contribution is 6.32. The lowest BCUT2D eigenvalue weighted by molar-refractivity contribution is -0.385. The minimum absolute atomic E-state index is 0.00461. The molecule has 0 fully saturated rings. The highest BCUT2D eigenvalue weighted by Crippen LogP contribution is 2.27. The molecule has 2 rings (SSSR count). The van der Waals surface area contributed by atoms with Crippen molar-refractivity contribution >= 4 is 46.5 Å². The number of esters is 1. The average molecular weight is 428 g/mol. The van der Waals surface area contributed by atoms with Crippen molar-refractivity contribution < 1.29 is 19.2 Å². The van der Waals surface area contributed by atoms with E-state index in [1.54, 1.807) is 13.8 Å². The molecule has 0 saturated carbocycles. The smallest absolute Gasteiger partial charge is 0.315 e. The second-order valence-corrected chi connectivity index (χ2v) is 6.17. The highest BCUT2D eigenvalue weighted by Gasteiger charge is 2.25. The van der Waals surface area contributed by atoms with Gasteiger partial charge in [-0.3, -0.25) is 24.7 Å². The molecular formula is C16H15Cl2N5O5. The molecular weight excluding hydrogens is 413 g/mol. The molecule has 0 aromatic carbocycles. The van der Waals surface area contributed by atoms with Gasteiger partial charge in [0.1, 0.15) is 17.8 Å². The van der Waals surface area contributed by atoms with Gasteiger partial charge in [-0.15, -0.1) is 0 Å². The number of hydrogen-bond acceptors (Lipinski definition) is 8. The Morgan fingerprint density at radius 3 is 2.61 bits per heavy atom. The predicted molar refractivity (Wildman–Crippen MR) is 100 cm³/mol. The number of pyridine rings is 1. The Morgan fingerprint density at radius 1 is 1.29 bits per heavy atom. The number of rotatable bonds is 7. The maximum absolute atomic E-state index is 12.8. The van der Waals surface area contributed by atoms with Gasteiger partial charge in [0.2, 0.25) is 11.2 Å². The van der Waals surface area contributed by atoms with Crippen LogP contribution in [0, 0.1) is 17.0 Å². The summed E-state index contributed by atoms with van der Waals surface area (Å²) in [5.74, 6) is -1.39. The Labute approximate surface area is 169 Å². The number of aromatic nitrogens is 3. The number of nitro groups is 1. The van der Waals surface area contributed by atoms with Gasteiger partial charge in [-0.05, 0) is 25.4 Å². The predicted octanol–water partition coefficient (Wildman–Crippen LogP) is 2.88. The molecule has 0 bridgehead atoms. The summed E-state index contributed by atoms with van der Waals surface area (Å²) < 4.78 is 4.80. The van der Waals surface area contributed by atoms with Gasteiger partial charge in [0.25, 0.3) is 5.69 Å². The van der Waals surface area contributed by atoms with Crippen molar-refractivity contribution in [2.24, 2.45) is 0 Å². The molecule has 0 spiro atoms. The second-order valence-electron chi connectivity index (χ2n) is 5.47. The summed E-state index contributed by atoms with van der Waals surface area (Å²) in [6.45, 7) is 3.14. The molecule has 0 aliphatic heterocycles. The van der Waals surface area contributed by atoms with Gasteiger partial charge in [0.15, 0.2) is 0 Å². The molecule has 0 unspecified atom stereocenters. The van der Waals surface area contributed by atoms with E-state index in [9.17, 15) is 19.7 Å². The fourth-order valence-corrected chi connectivity index (χ4v) is 2.63. The molecule has 0 radical (unpaired) electrons. The van der Waals surface area contributed by atoms with Crippen LogP contribution in [-0.4, -0.2) is 38.4 Å². The fourth-order valence-electron chi connectivity index (χ4n) is 2.27. The second kappa shape index (κ2) is 9.38. The van der Waals surface area contributed by atoms with Crippen LogP contribution in [0.15, 0.2) is 18.5 Å². The molecule has 1 amide bonds. The molecule has 0 aliphatic rings. The third-order valence-corrected chi connectivity index (χ3v) is 4.07. The normalized spacial score (nSPS) is 10.4. The zero-order chi connectivity index (χ0) is 20.8. The number of hydrogen-bond donors (Lipinski definition) is 0. The maximum atomic E-state index is 12.8. The van der Waals surface area contributed by atoms with E-state index in [0.717, 1.165) is 11.1 Å². The van der Waals surface area contributed by atoms with E-state index in [-0.39, 0.29) is 35.0 Å². The van der Waals surface area contributed by atoms with Crippen LogP contribution in [0.5, 0.6) is 0 Å². The Kier molecular flexibility index (Phi) is 7.18. The molecule has 0 N–H and O–H groups in total. The molecule has 0 atom stereocenters. The molecule has 28 heavy (non-hydrogen) atoms. The first-order valence-electron chi connectivity index (χ1n) is 7.96. The topological polar surface area (TPSA) is 128 Å². The van der Waals surface area contributed by atoms with Crippen molar-refractivity contribution in [2.75, 3.05) is 11.5 Å². The Morgan fingerprint density at radius 2 is 2.00 bits per heavy atom. The molecule has 2 heterocycles. The summed E-state index contributed by atoms with van der Waals surface area (Å²) >= 11 is 11.7. The van der Waals surface area contributed by atoms with Crippen LogP contribution >= 0.6 is 23.2 Å². The van der Waals surface area contributed by atoms with Crippen molar-refractivity contribution in [3.05, 3.63) is 50.3 Å². The summed E-state index contributed by atoms with van der Waals surface area (Å²) in [5.41, 5.74) is 0.505. The number of anilines is 1. The van der Waals surface area contributed by atoms with E-state index in [0.29, 0.717) is 11.3 Å². The summed E-state index contributed by atoms with van der Waals surface area (Å²) in [6.07, 6.45) is 1.83. The number of nitrogens with zero attached hydrogens (tertiary/aromatic N) is 5. The van der Waals surface area contributed by atoms with Crippen molar-refractivity contribution in [1.29, 1.82) is 0 Å². The SMILES string of the molecule is CCOC(=O)CC(=O)N(Cc1cnc(Cl)nc1Cl)c1cc([N+](=O)[O-])cnc1C. The first-order valence-corrected chi connectivity index (χ1v) is 8.72. The molecule has 0 aliphatic carbocycles. The van der Waals surface area contributed by atoms with Crippen LogP contribution in [0.4, 0.5) is 11.4 Å². The summed E-state index contributed by atoms with van der Waals surface area (Å²) in [6, 6.07) is 1.19. The van der Waals surface area contributed by atoms with Crippen molar-refractivity contribution in [1.82, 2.24) is 15.0 Å². The van der Waals surface area contributed by atoms with Crippen molar-refractivity contribution in [2.45, 2.75) is 26.8 Å². The number of amides is 1. The van der Waals surface area contributed by atoms with E-state index in [1.165, 1.54) is 12.3 Å². The summed E-state index contributed by atoms with van der Waals surface area (Å²) in [7, 11) is 0. The van der Waals surface area contributed by atoms with Gasteiger partial charge in [-0.2, -0.15) is 0 Å². The van der Waals surface area contributed by atoms with E-state index in [2.05, 4.69) is 15.0 Å². The Bertz CT molecular complexity index is 924. The lowest BCUT2D eigenvalue weighted by atomic mass is 10.2. The van der Waals surface area contributed by atoms with Crippen molar-refractivity contribution in [3.63, 3.8) is 0 Å². The largest absolute Gasteiger partial charge is 0.466 e. The molecule has 0 saturated heterocycles. The molecule has 2 aromatic rings. The standard InChI is InChI=1S/C16H15Cl2N5O5/c1-3-28-14(25)5-13(24)22(8-10-6-20-16(18)21-15(10)17)12-4-11(23(26)27)7-19-9(12)2/h4,6-7H,3,5,8H2,1-2H3. The van der Waals surface area contributed by atoms with E-state index in [1.807, 2.05) is 0 Å².